The van der Waals surface area contributed by atoms with Gasteiger partial charge in [-0.15, -0.1) is 0 Å². The molecule has 94 valence electrons. The molecule has 17 heavy (non-hydrogen) atoms. The summed E-state index contributed by atoms with van der Waals surface area (Å²) < 4.78 is 0. The van der Waals surface area contributed by atoms with Crippen molar-refractivity contribution in [1.29, 1.82) is 0 Å². The van der Waals surface area contributed by atoms with Crippen LogP contribution in [0.1, 0.15) is 46.6 Å². The Bertz CT molecular complexity index is 474. The highest BCUT2D eigenvalue weighted by Crippen LogP contribution is 2.31. The summed E-state index contributed by atoms with van der Waals surface area (Å²) in [4.78, 5) is 0. The fourth-order valence-corrected chi connectivity index (χ4v) is 1.97. The van der Waals surface area contributed by atoms with Crippen LogP contribution in [0.25, 0.3) is 10.8 Å². The van der Waals surface area contributed by atoms with E-state index in [4.69, 9.17) is 0 Å². The summed E-state index contributed by atoms with van der Waals surface area (Å²) in [6, 6.07) is 11.9. The van der Waals surface area contributed by atoms with Crippen LogP contribution in [0, 0.1) is 0 Å². The van der Waals surface area contributed by atoms with Gasteiger partial charge in [0.25, 0.3) is 0 Å². The molecule has 2 rings (SSSR count). The molecule has 0 aliphatic heterocycles. The third kappa shape index (κ3) is 2.79. The summed E-state index contributed by atoms with van der Waals surface area (Å²) in [5.41, 5.74) is 1.32. The van der Waals surface area contributed by atoms with E-state index in [2.05, 4.69) is 26.0 Å². The third-order valence-corrected chi connectivity index (χ3v) is 3.08. The maximum atomic E-state index is 9.75. The molecule has 0 radical (unpaired) electrons. The molecule has 0 heterocycles. The van der Waals surface area contributed by atoms with E-state index in [0.717, 1.165) is 11.8 Å². The van der Waals surface area contributed by atoms with Gasteiger partial charge in [-0.2, -0.15) is 0 Å². The highest BCUT2D eigenvalue weighted by atomic mass is 16.3. The van der Waals surface area contributed by atoms with Crippen molar-refractivity contribution in [2.75, 3.05) is 0 Å². The van der Waals surface area contributed by atoms with E-state index in [1.165, 1.54) is 10.9 Å². The molecule has 0 spiro atoms. The summed E-state index contributed by atoms with van der Waals surface area (Å²) in [7, 11) is 0. The van der Waals surface area contributed by atoms with Crippen molar-refractivity contribution in [2.45, 2.75) is 41.0 Å². The van der Waals surface area contributed by atoms with Gasteiger partial charge in [-0.05, 0) is 29.4 Å². The van der Waals surface area contributed by atoms with Crippen molar-refractivity contribution in [2.24, 2.45) is 0 Å². The first kappa shape index (κ1) is 15.5. The van der Waals surface area contributed by atoms with E-state index in [9.17, 15) is 5.11 Å². The van der Waals surface area contributed by atoms with Gasteiger partial charge in [-0.3, -0.25) is 0 Å². The SMILES string of the molecule is C.C.CCC(C)c1cccc2c(O)cccc12. The van der Waals surface area contributed by atoms with Crippen LogP contribution in [0.5, 0.6) is 5.75 Å². The van der Waals surface area contributed by atoms with Gasteiger partial charge in [-0.25, -0.2) is 0 Å². The Morgan fingerprint density at radius 2 is 1.59 bits per heavy atom. The molecule has 0 saturated heterocycles. The van der Waals surface area contributed by atoms with Crippen molar-refractivity contribution in [3.8, 4) is 5.75 Å². The van der Waals surface area contributed by atoms with E-state index >= 15 is 0 Å². The topological polar surface area (TPSA) is 20.2 Å². The largest absolute Gasteiger partial charge is 0.507 e. The third-order valence-electron chi connectivity index (χ3n) is 3.08. The van der Waals surface area contributed by atoms with Crippen LogP contribution in [0.15, 0.2) is 36.4 Å². The predicted octanol–water partition coefficient (Wildman–Crippen LogP) is 5.33. The van der Waals surface area contributed by atoms with Gasteiger partial charge in [0.1, 0.15) is 5.75 Å². The number of hydrogen-bond donors (Lipinski definition) is 1. The molecule has 1 nitrogen and oxygen atoms in total. The predicted molar refractivity (Wildman–Crippen MR) is 77.8 cm³/mol. The Labute approximate surface area is 105 Å². The second-order valence-electron chi connectivity index (χ2n) is 4.03. The van der Waals surface area contributed by atoms with Crippen LogP contribution in [-0.4, -0.2) is 5.11 Å². The molecule has 1 unspecified atom stereocenters. The Kier molecular flexibility index (Phi) is 5.73. The zero-order valence-electron chi connectivity index (χ0n) is 9.20. The molecule has 0 bridgehead atoms. The minimum absolute atomic E-state index is 0. The second kappa shape index (κ2) is 6.29. The molecule has 1 N–H and O–H groups in total. The molecule has 0 aliphatic carbocycles. The summed E-state index contributed by atoms with van der Waals surface area (Å²) in [5, 5.41) is 11.9. The number of fused-ring (bicyclic) bond motifs is 1. The lowest BCUT2D eigenvalue weighted by atomic mass is 9.93. The molecule has 0 amide bonds. The Hall–Kier alpha value is -1.50. The molecule has 1 heteroatoms. The molecule has 1 atom stereocenters. The van der Waals surface area contributed by atoms with Crippen molar-refractivity contribution in [1.82, 2.24) is 0 Å². The van der Waals surface area contributed by atoms with E-state index in [1.54, 1.807) is 6.07 Å². The first-order valence-corrected chi connectivity index (χ1v) is 5.44. The van der Waals surface area contributed by atoms with E-state index in [-0.39, 0.29) is 14.9 Å². The minimum atomic E-state index is 0. The highest BCUT2D eigenvalue weighted by Gasteiger charge is 2.08. The van der Waals surface area contributed by atoms with Crippen LogP contribution < -0.4 is 0 Å². The molecular formula is C16H24O. The molecule has 0 saturated carbocycles. The monoisotopic (exact) mass is 232 g/mol. The summed E-state index contributed by atoms with van der Waals surface area (Å²) in [6.07, 6.45) is 1.12. The Morgan fingerprint density at radius 3 is 2.24 bits per heavy atom. The van der Waals surface area contributed by atoms with Crippen molar-refractivity contribution in [3.05, 3.63) is 42.0 Å². The van der Waals surface area contributed by atoms with E-state index < -0.39 is 0 Å². The van der Waals surface area contributed by atoms with Crippen LogP contribution in [0.4, 0.5) is 0 Å². The molecule has 0 aliphatic rings. The maximum Gasteiger partial charge on any atom is 0.123 e. The molecular weight excluding hydrogens is 208 g/mol. The first-order valence-electron chi connectivity index (χ1n) is 5.44. The van der Waals surface area contributed by atoms with Gasteiger partial charge >= 0.3 is 0 Å². The van der Waals surface area contributed by atoms with Gasteiger partial charge in [0, 0.05) is 5.39 Å². The average Bonchev–Trinajstić information content (AvgIpc) is 2.28. The lowest BCUT2D eigenvalue weighted by Gasteiger charge is -2.12. The van der Waals surface area contributed by atoms with Crippen LogP contribution >= 0.6 is 0 Å². The zero-order valence-corrected chi connectivity index (χ0v) is 9.20. The van der Waals surface area contributed by atoms with Gasteiger partial charge in [0.05, 0.1) is 0 Å². The number of benzene rings is 2. The van der Waals surface area contributed by atoms with Crippen molar-refractivity contribution in [3.63, 3.8) is 0 Å². The lowest BCUT2D eigenvalue weighted by molar-refractivity contribution is 0.481. The van der Waals surface area contributed by atoms with Crippen LogP contribution in [-0.2, 0) is 0 Å². The Morgan fingerprint density at radius 1 is 1.00 bits per heavy atom. The Balaban J connectivity index is 0.00000128. The van der Waals surface area contributed by atoms with Crippen molar-refractivity contribution >= 4 is 10.8 Å². The summed E-state index contributed by atoms with van der Waals surface area (Å²) in [5.74, 6) is 0.910. The lowest BCUT2D eigenvalue weighted by Crippen LogP contribution is -1.92. The summed E-state index contributed by atoms with van der Waals surface area (Å²) >= 11 is 0. The fraction of sp³-hybridized carbons (Fsp3) is 0.375. The number of rotatable bonds is 2. The van der Waals surface area contributed by atoms with Gasteiger partial charge < -0.3 is 5.11 Å². The average molecular weight is 232 g/mol. The summed E-state index contributed by atoms with van der Waals surface area (Å²) in [6.45, 7) is 4.41. The van der Waals surface area contributed by atoms with Gasteiger partial charge in [0.15, 0.2) is 0 Å². The number of phenolic OH excluding ortho intramolecular Hbond substituents is 1. The van der Waals surface area contributed by atoms with E-state index in [0.29, 0.717) is 11.7 Å². The minimum Gasteiger partial charge on any atom is -0.507 e. The fourth-order valence-electron chi connectivity index (χ4n) is 1.97. The standard InChI is InChI=1S/C14H16O.2CH4/c1-3-10(2)11-6-4-8-13-12(11)7-5-9-14(13)15;;/h4-10,15H,3H2,1-2H3;2*1H4. The van der Waals surface area contributed by atoms with Crippen LogP contribution in [0.3, 0.4) is 0 Å². The molecule has 2 aromatic rings. The quantitative estimate of drug-likeness (QED) is 0.741. The number of hydrogen-bond acceptors (Lipinski definition) is 1. The normalized spacial score (nSPS) is 11.4. The van der Waals surface area contributed by atoms with E-state index in [1.807, 2.05) is 18.2 Å². The van der Waals surface area contributed by atoms with Gasteiger partial charge in [0.2, 0.25) is 0 Å². The molecule has 0 aromatic heterocycles. The van der Waals surface area contributed by atoms with Crippen LogP contribution in [0.2, 0.25) is 0 Å². The smallest absolute Gasteiger partial charge is 0.123 e. The number of phenols is 1. The van der Waals surface area contributed by atoms with Gasteiger partial charge in [-0.1, -0.05) is 59.0 Å². The number of aromatic hydroxyl groups is 1. The highest BCUT2D eigenvalue weighted by molar-refractivity contribution is 5.91. The maximum absolute atomic E-state index is 9.75. The first-order chi connectivity index (χ1) is 7.24. The zero-order chi connectivity index (χ0) is 10.8. The van der Waals surface area contributed by atoms with Crippen molar-refractivity contribution < 1.29 is 5.11 Å². The molecule has 0 fully saturated rings. The second-order valence-corrected chi connectivity index (χ2v) is 4.03. The molecule has 2 aromatic carbocycles.